The van der Waals surface area contributed by atoms with Gasteiger partial charge in [-0.3, -0.25) is 4.72 Å². The number of aryl methyl sites for hydroxylation is 2. The topological polar surface area (TPSA) is 59.1 Å². The van der Waals surface area contributed by atoms with E-state index in [0.29, 0.717) is 10.3 Å². The van der Waals surface area contributed by atoms with Crippen molar-refractivity contribution in [2.24, 2.45) is 0 Å². The largest absolute Gasteiger partial charge is 0.278 e. The van der Waals surface area contributed by atoms with Crippen molar-refractivity contribution >= 4 is 47.6 Å². The van der Waals surface area contributed by atoms with Crippen LogP contribution in [0.2, 0.25) is 0 Å². The van der Waals surface area contributed by atoms with E-state index < -0.39 is 10.0 Å². The predicted molar refractivity (Wildman–Crippen MR) is 86.4 cm³/mol. The highest BCUT2D eigenvalue weighted by Gasteiger charge is 2.15. The molecule has 106 valence electrons. The minimum Gasteiger partial charge on any atom is -0.278 e. The van der Waals surface area contributed by atoms with Crippen LogP contribution >= 0.6 is 31.9 Å². The molecule has 0 aliphatic carbocycles. The van der Waals surface area contributed by atoms with E-state index in [-0.39, 0.29) is 4.90 Å². The van der Waals surface area contributed by atoms with Crippen molar-refractivity contribution < 1.29 is 8.42 Å². The number of pyridine rings is 1. The molecule has 0 saturated heterocycles. The maximum Gasteiger partial charge on any atom is 0.261 e. The van der Waals surface area contributed by atoms with E-state index in [4.69, 9.17) is 0 Å². The lowest BCUT2D eigenvalue weighted by molar-refractivity contribution is 0.601. The van der Waals surface area contributed by atoms with Gasteiger partial charge in [0.25, 0.3) is 10.0 Å². The van der Waals surface area contributed by atoms with Crippen molar-refractivity contribution in [1.82, 2.24) is 4.98 Å². The molecule has 0 bridgehead atoms. The van der Waals surface area contributed by atoms with E-state index in [9.17, 15) is 8.42 Å². The first-order valence-electron chi connectivity index (χ1n) is 5.71. The van der Waals surface area contributed by atoms with Gasteiger partial charge in [0.05, 0.1) is 16.8 Å². The normalized spacial score (nSPS) is 11.4. The molecule has 1 aromatic carbocycles. The van der Waals surface area contributed by atoms with Crippen LogP contribution in [0.3, 0.4) is 0 Å². The van der Waals surface area contributed by atoms with Gasteiger partial charge in [-0.05, 0) is 65.2 Å². The summed E-state index contributed by atoms with van der Waals surface area (Å²) in [6, 6.07) is 6.61. The Labute approximate surface area is 134 Å². The van der Waals surface area contributed by atoms with Crippen LogP contribution in [0.15, 0.2) is 44.4 Å². The van der Waals surface area contributed by atoms with Crippen molar-refractivity contribution in [3.63, 3.8) is 0 Å². The van der Waals surface area contributed by atoms with Gasteiger partial charge in [-0.25, -0.2) is 13.4 Å². The molecule has 0 fully saturated rings. The molecule has 7 heteroatoms. The molecule has 4 nitrogen and oxygen atoms in total. The van der Waals surface area contributed by atoms with Crippen molar-refractivity contribution in [2.45, 2.75) is 18.7 Å². The Hall–Kier alpha value is -0.920. The molecule has 0 atom stereocenters. The molecule has 1 N–H and O–H groups in total. The van der Waals surface area contributed by atoms with Crippen molar-refractivity contribution in [1.29, 1.82) is 0 Å². The zero-order chi connectivity index (χ0) is 14.9. The molecule has 20 heavy (non-hydrogen) atoms. The Bertz CT molecular complexity index is 761. The second-order valence-electron chi connectivity index (χ2n) is 4.35. The minimum absolute atomic E-state index is 0.221. The van der Waals surface area contributed by atoms with Gasteiger partial charge in [-0.15, -0.1) is 0 Å². The Kier molecular flexibility index (Phi) is 4.51. The zero-order valence-electron chi connectivity index (χ0n) is 10.8. The van der Waals surface area contributed by atoms with Gasteiger partial charge in [0.1, 0.15) is 4.60 Å². The molecule has 2 aromatic rings. The van der Waals surface area contributed by atoms with Gasteiger partial charge in [0.15, 0.2) is 0 Å². The lowest BCUT2D eigenvalue weighted by Gasteiger charge is -2.10. The number of halogens is 2. The number of hydrogen-bond donors (Lipinski definition) is 1. The first-order valence-corrected chi connectivity index (χ1v) is 8.77. The first-order chi connectivity index (χ1) is 9.29. The summed E-state index contributed by atoms with van der Waals surface area (Å²) in [4.78, 5) is 4.29. The summed E-state index contributed by atoms with van der Waals surface area (Å²) in [6.07, 6.45) is 1.47. The number of sulfonamides is 1. The highest BCUT2D eigenvalue weighted by molar-refractivity contribution is 9.10. The summed E-state index contributed by atoms with van der Waals surface area (Å²) >= 11 is 6.63. The quantitative estimate of drug-likeness (QED) is 0.764. The maximum atomic E-state index is 12.3. The molecule has 1 heterocycles. The number of nitrogens with one attached hydrogen (secondary N) is 1. The third kappa shape index (κ3) is 3.39. The van der Waals surface area contributed by atoms with Crippen LogP contribution in [0.25, 0.3) is 0 Å². The molecule has 0 aliphatic rings. The summed E-state index contributed by atoms with van der Waals surface area (Å²) in [7, 11) is -3.61. The van der Waals surface area contributed by atoms with Gasteiger partial charge in [0.2, 0.25) is 0 Å². The van der Waals surface area contributed by atoms with Crippen LogP contribution in [-0.4, -0.2) is 13.4 Å². The minimum atomic E-state index is -3.61. The Morgan fingerprint density at radius 2 is 1.80 bits per heavy atom. The van der Waals surface area contributed by atoms with Crippen LogP contribution in [0, 0.1) is 13.8 Å². The molecule has 0 spiro atoms. The highest BCUT2D eigenvalue weighted by atomic mass is 79.9. The van der Waals surface area contributed by atoms with Crippen LogP contribution in [-0.2, 0) is 10.0 Å². The molecular weight excluding hydrogens is 408 g/mol. The van der Waals surface area contributed by atoms with Gasteiger partial charge in [-0.2, -0.15) is 0 Å². The van der Waals surface area contributed by atoms with Crippen LogP contribution in [0.5, 0.6) is 0 Å². The second-order valence-corrected chi connectivity index (χ2v) is 7.64. The lowest BCUT2D eigenvalue weighted by atomic mass is 10.2. The Balaban J connectivity index is 2.35. The molecule has 0 radical (unpaired) electrons. The van der Waals surface area contributed by atoms with Crippen molar-refractivity contribution in [2.75, 3.05) is 4.72 Å². The Morgan fingerprint density at radius 3 is 2.40 bits per heavy atom. The standard InChI is InChI=1S/C13H12Br2N2O2S/c1-8-6-11(3-4-12(8)14)20(18,19)17-10-5-9(2)13(15)16-7-10/h3-7,17H,1-2H3. The number of nitrogens with zero attached hydrogens (tertiary/aromatic N) is 1. The van der Waals surface area contributed by atoms with E-state index in [2.05, 4.69) is 41.6 Å². The molecule has 0 unspecified atom stereocenters. The number of hydrogen-bond acceptors (Lipinski definition) is 3. The third-order valence-electron chi connectivity index (χ3n) is 2.71. The van der Waals surface area contributed by atoms with Gasteiger partial charge in [0, 0.05) is 4.47 Å². The van der Waals surface area contributed by atoms with Crippen molar-refractivity contribution in [3.05, 3.63) is 50.7 Å². The van der Waals surface area contributed by atoms with E-state index in [1.165, 1.54) is 6.20 Å². The van der Waals surface area contributed by atoms with Gasteiger partial charge in [-0.1, -0.05) is 15.9 Å². The maximum absolute atomic E-state index is 12.3. The number of anilines is 1. The van der Waals surface area contributed by atoms with Gasteiger partial charge < -0.3 is 0 Å². The first kappa shape index (κ1) is 15.5. The SMILES string of the molecule is Cc1cc(S(=O)(=O)Nc2cnc(Br)c(C)c2)ccc1Br. The number of aromatic nitrogens is 1. The van der Waals surface area contributed by atoms with Crippen LogP contribution in [0.4, 0.5) is 5.69 Å². The van der Waals surface area contributed by atoms with Gasteiger partial charge >= 0.3 is 0 Å². The number of benzene rings is 1. The fourth-order valence-electron chi connectivity index (χ4n) is 1.61. The van der Waals surface area contributed by atoms with Crippen LogP contribution in [0.1, 0.15) is 11.1 Å². The molecule has 1 aromatic heterocycles. The molecule has 0 aliphatic heterocycles. The predicted octanol–water partition coefficient (Wildman–Crippen LogP) is 4.02. The summed E-state index contributed by atoms with van der Waals surface area (Å²) in [5, 5.41) is 0. The average Bonchev–Trinajstić information content (AvgIpc) is 2.37. The summed E-state index contributed by atoms with van der Waals surface area (Å²) < 4.78 is 28.7. The smallest absolute Gasteiger partial charge is 0.261 e. The van der Waals surface area contributed by atoms with E-state index >= 15 is 0 Å². The second kappa shape index (κ2) is 5.83. The van der Waals surface area contributed by atoms with Crippen LogP contribution < -0.4 is 4.72 Å². The fraction of sp³-hybridized carbons (Fsp3) is 0.154. The average molecular weight is 420 g/mol. The highest BCUT2D eigenvalue weighted by Crippen LogP contribution is 2.23. The summed E-state index contributed by atoms with van der Waals surface area (Å²) in [5.41, 5.74) is 2.15. The monoisotopic (exact) mass is 418 g/mol. The Morgan fingerprint density at radius 1 is 1.10 bits per heavy atom. The van der Waals surface area contributed by atoms with E-state index in [1.807, 2.05) is 13.8 Å². The zero-order valence-corrected chi connectivity index (χ0v) is 14.8. The molecule has 2 rings (SSSR count). The lowest BCUT2D eigenvalue weighted by Crippen LogP contribution is -2.13. The summed E-state index contributed by atoms with van der Waals surface area (Å²) in [5.74, 6) is 0. The van der Waals surface area contributed by atoms with E-state index in [1.54, 1.807) is 24.3 Å². The van der Waals surface area contributed by atoms with E-state index in [0.717, 1.165) is 15.6 Å². The third-order valence-corrected chi connectivity index (χ3v) is 5.81. The number of rotatable bonds is 3. The van der Waals surface area contributed by atoms with Crippen molar-refractivity contribution in [3.8, 4) is 0 Å². The summed E-state index contributed by atoms with van der Waals surface area (Å²) in [6.45, 7) is 3.69. The molecule has 0 saturated carbocycles. The fourth-order valence-corrected chi connectivity index (χ4v) is 3.19. The molecule has 0 amide bonds. The molecular formula is C13H12Br2N2O2S.